The van der Waals surface area contributed by atoms with E-state index in [2.05, 4.69) is 0 Å². The number of likely N-dealkylation sites (N-methyl/N-ethyl adjacent to an activating group) is 1. The monoisotopic (exact) mass is 246 g/mol. The molecular weight excluding hydrogens is 222 g/mol. The summed E-state index contributed by atoms with van der Waals surface area (Å²) in [5.74, 6) is -1.44. The second-order valence-electron chi connectivity index (χ2n) is 5.44. The summed E-state index contributed by atoms with van der Waals surface area (Å²) in [5, 5.41) is 8.79. The molecule has 1 N–H and O–H groups in total. The van der Waals surface area contributed by atoms with Crippen LogP contribution < -0.4 is 0 Å². The van der Waals surface area contributed by atoms with Gasteiger partial charge in [-0.15, -0.1) is 0 Å². The van der Waals surface area contributed by atoms with Crippen molar-refractivity contribution in [1.82, 2.24) is 0 Å². The number of rotatable bonds is 7. The van der Waals surface area contributed by atoms with Crippen molar-refractivity contribution in [2.45, 2.75) is 32.8 Å². The largest absolute Gasteiger partial charge is 0.481 e. The summed E-state index contributed by atoms with van der Waals surface area (Å²) in [6.07, 6.45) is -0.00487. The van der Waals surface area contributed by atoms with Crippen LogP contribution in [0.2, 0.25) is 0 Å². The fourth-order valence-electron chi connectivity index (χ4n) is 1.40. The van der Waals surface area contributed by atoms with E-state index in [4.69, 9.17) is 9.84 Å². The maximum atomic E-state index is 11.6. The Morgan fingerprint density at radius 1 is 1.29 bits per heavy atom. The number of esters is 1. The molecule has 2 atom stereocenters. The van der Waals surface area contributed by atoms with Gasteiger partial charge in [-0.2, -0.15) is 0 Å². The lowest BCUT2D eigenvalue weighted by molar-refractivity contribution is -0.873. The number of hydrogen-bond acceptors (Lipinski definition) is 3. The van der Waals surface area contributed by atoms with E-state index in [1.807, 2.05) is 28.1 Å². The molecule has 0 aliphatic rings. The SMILES string of the molecule is CCC(C)C(=O)OC(CC(=O)O)C[N+](C)(C)C. The van der Waals surface area contributed by atoms with E-state index in [0.717, 1.165) is 0 Å². The summed E-state index contributed by atoms with van der Waals surface area (Å²) in [4.78, 5) is 22.3. The highest BCUT2D eigenvalue weighted by Crippen LogP contribution is 2.10. The molecule has 0 fully saturated rings. The van der Waals surface area contributed by atoms with E-state index < -0.39 is 12.1 Å². The topological polar surface area (TPSA) is 63.6 Å². The molecule has 2 unspecified atom stereocenters. The van der Waals surface area contributed by atoms with Gasteiger partial charge in [0, 0.05) is 0 Å². The van der Waals surface area contributed by atoms with Crippen molar-refractivity contribution in [3.63, 3.8) is 0 Å². The Bertz CT molecular complexity index is 270. The second kappa shape index (κ2) is 6.59. The minimum Gasteiger partial charge on any atom is -0.481 e. The molecule has 0 bridgehead atoms. The zero-order valence-corrected chi connectivity index (χ0v) is 11.4. The molecule has 0 aromatic rings. The molecule has 0 saturated heterocycles. The summed E-state index contributed by atoms with van der Waals surface area (Å²) in [7, 11) is 5.81. The van der Waals surface area contributed by atoms with Gasteiger partial charge in [0.1, 0.15) is 6.54 Å². The molecule has 17 heavy (non-hydrogen) atoms. The number of nitrogens with zero attached hydrogens (tertiary/aromatic N) is 1. The molecule has 0 aliphatic carbocycles. The highest BCUT2D eigenvalue weighted by Gasteiger charge is 2.26. The Morgan fingerprint density at radius 3 is 2.18 bits per heavy atom. The van der Waals surface area contributed by atoms with Crippen molar-refractivity contribution in [2.24, 2.45) is 5.92 Å². The van der Waals surface area contributed by atoms with Crippen molar-refractivity contribution >= 4 is 11.9 Å². The lowest BCUT2D eigenvalue weighted by Crippen LogP contribution is -2.44. The normalized spacial score (nSPS) is 15.1. The second-order valence-corrected chi connectivity index (χ2v) is 5.44. The number of carbonyl (C=O) groups excluding carboxylic acids is 1. The fourth-order valence-corrected chi connectivity index (χ4v) is 1.40. The van der Waals surface area contributed by atoms with E-state index in [-0.39, 0.29) is 18.3 Å². The predicted octanol–water partition coefficient (Wildman–Crippen LogP) is 1.13. The van der Waals surface area contributed by atoms with Gasteiger partial charge in [-0.3, -0.25) is 9.59 Å². The number of ether oxygens (including phenoxy) is 1. The van der Waals surface area contributed by atoms with Crippen LogP contribution in [-0.4, -0.2) is 55.3 Å². The third-order valence-electron chi connectivity index (χ3n) is 2.45. The molecule has 0 amide bonds. The Balaban J connectivity index is 4.48. The Kier molecular flexibility index (Phi) is 6.16. The van der Waals surface area contributed by atoms with Crippen LogP contribution in [0.4, 0.5) is 0 Å². The first-order chi connectivity index (χ1) is 7.65. The molecule has 5 nitrogen and oxygen atoms in total. The molecule has 0 aromatic heterocycles. The third-order valence-corrected chi connectivity index (χ3v) is 2.45. The molecule has 0 spiro atoms. The van der Waals surface area contributed by atoms with E-state index >= 15 is 0 Å². The Labute approximate surface area is 103 Å². The minimum atomic E-state index is -0.944. The van der Waals surface area contributed by atoms with Crippen LogP contribution >= 0.6 is 0 Å². The van der Waals surface area contributed by atoms with Gasteiger partial charge in [0.2, 0.25) is 0 Å². The molecule has 0 radical (unpaired) electrons. The predicted molar refractivity (Wildman–Crippen MR) is 64.5 cm³/mol. The van der Waals surface area contributed by atoms with Gasteiger partial charge >= 0.3 is 11.9 Å². The van der Waals surface area contributed by atoms with Crippen LogP contribution in [0.3, 0.4) is 0 Å². The van der Waals surface area contributed by atoms with Crippen LogP contribution in [0.1, 0.15) is 26.7 Å². The van der Waals surface area contributed by atoms with Crippen molar-refractivity contribution in [3.05, 3.63) is 0 Å². The van der Waals surface area contributed by atoms with Gasteiger partial charge in [-0.1, -0.05) is 13.8 Å². The van der Waals surface area contributed by atoms with Crippen LogP contribution in [-0.2, 0) is 14.3 Å². The van der Waals surface area contributed by atoms with Crippen molar-refractivity contribution in [2.75, 3.05) is 27.7 Å². The summed E-state index contributed by atoms with van der Waals surface area (Å²) < 4.78 is 5.82. The number of carboxylic acid groups (broad SMARTS) is 1. The number of carboxylic acids is 1. The lowest BCUT2D eigenvalue weighted by Gasteiger charge is -2.28. The minimum absolute atomic E-state index is 0.141. The molecule has 0 aromatic carbocycles. The zero-order chi connectivity index (χ0) is 13.6. The first kappa shape index (κ1) is 15.9. The standard InChI is InChI=1S/C12H23NO4/c1-6-9(2)12(16)17-10(7-11(14)15)8-13(3,4)5/h9-10H,6-8H2,1-5H3/p+1. The van der Waals surface area contributed by atoms with Gasteiger partial charge in [-0.25, -0.2) is 0 Å². The van der Waals surface area contributed by atoms with E-state index in [0.29, 0.717) is 17.4 Å². The molecule has 0 saturated carbocycles. The molecule has 100 valence electrons. The summed E-state index contributed by atoms with van der Waals surface area (Å²) in [6, 6.07) is 0. The highest BCUT2D eigenvalue weighted by molar-refractivity contribution is 5.73. The molecule has 0 rings (SSSR count). The van der Waals surface area contributed by atoms with Crippen LogP contribution in [0.25, 0.3) is 0 Å². The number of hydrogen-bond donors (Lipinski definition) is 1. The summed E-state index contributed by atoms with van der Waals surface area (Å²) >= 11 is 0. The van der Waals surface area contributed by atoms with E-state index in [9.17, 15) is 9.59 Å². The lowest BCUT2D eigenvalue weighted by atomic mass is 10.1. The van der Waals surface area contributed by atoms with Crippen molar-refractivity contribution in [1.29, 1.82) is 0 Å². The van der Waals surface area contributed by atoms with Gasteiger partial charge in [0.15, 0.2) is 6.10 Å². The summed E-state index contributed by atoms with van der Waals surface area (Å²) in [5.41, 5.74) is 0. The Morgan fingerprint density at radius 2 is 1.82 bits per heavy atom. The number of aliphatic carboxylic acids is 1. The Hall–Kier alpha value is -1.10. The zero-order valence-electron chi connectivity index (χ0n) is 11.4. The molecular formula is C12H24NO4+. The quantitative estimate of drug-likeness (QED) is 0.540. The molecule has 0 heterocycles. The fraction of sp³-hybridized carbons (Fsp3) is 0.833. The number of carbonyl (C=O) groups is 2. The third kappa shape index (κ3) is 7.74. The average Bonchev–Trinajstić information content (AvgIpc) is 2.12. The summed E-state index contributed by atoms with van der Waals surface area (Å²) in [6.45, 7) is 4.18. The first-order valence-corrected chi connectivity index (χ1v) is 5.88. The maximum Gasteiger partial charge on any atom is 0.309 e. The average molecular weight is 246 g/mol. The van der Waals surface area contributed by atoms with Crippen LogP contribution in [0, 0.1) is 5.92 Å². The van der Waals surface area contributed by atoms with Gasteiger partial charge in [-0.05, 0) is 6.42 Å². The van der Waals surface area contributed by atoms with Gasteiger partial charge in [0.25, 0.3) is 0 Å². The number of quaternary nitrogens is 1. The van der Waals surface area contributed by atoms with Gasteiger partial charge < -0.3 is 14.3 Å². The van der Waals surface area contributed by atoms with Crippen LogP contribution in [0.15, 0.2) is 0 Å². The van der Waals surface area contributed by atoms with E-state index in [1.54, 1.807) is 6.92 Å². The van der Waals surface area contributed by atoms with E-state index in [1.165, 1.54) is 0 Å². The molecule has 0 aliphatic heterocycles. The maximum absolute atomic E-state index is 11.6. The first-order valence-electron chi connectivity index (χ1n) is 5.88. The van der Waals surface area contributed by atoms with Crippen molar-refractivity contribution < 1.29 is 23.9 Å². The van der Waals surface area contributed by atoms with Crippen LogP contribution in [0.5, 0.6) is 0 Å². The molecule has 5 heteroatoms. The van der Waals surface area contributed by atoms with Crippen molar-refractivity contribution in [3.8, 4) is 0 Å². The highest BCUT2D eigenvalue weighted by atomic mass is 16.5. The smallest absolute Gasteiger partial charge is 0.309 e. The van der Waals surface area contributed by atoms with Gasteiger partial charge in [0.05, 0.1) is 33.5 Å².